The van der Waals surface area contributed by atoms with Crippen molar-refractivity contribution in [2.45, 2.75) is 13.8 Å². The SMILES string of the molecule is CCN(CC)c1ccc(C=C(NC(=O)c2ccccc2Cl)C(=O)NN=Cc2cccc([N+](=O)[O-])c2O)cc1. The average molecular weight is 536 g/mol. The van der Waals surface area contributed by atoms with Gasteiger partial charge in [0.1, 0.15) is 5.70 Å². The molecule has 3 rings (SSSR count). The summed E-state index contributed by atoms with van der Waals surface area (Å²) in [6.45, 7) is 5.78. The van der Waals surface area contributed by atoms with Crippen molar-refractivity contribution < 1.29 is 19.6 Å². The summed E-state index contributed by atoms with van der Waals surface area (Å²) in [6.07, 6.45) is 2.54. The number of hydrogen-bond donors (Lipinski definition) is 3. The van der Waals surface area contributed by atoms with Gasteiger partial charge in [-0.15, -0.1) is 0 Å². The molecule has 38 heavy (non-hydrogen) atoms. The van der Waals surface area contributed by atoms with Crippen molar-refractivity contribution in [1.82, 2.24) is 10.7 Å². The lowest BCUT2D eigenvalue weighted by atomic mass is 10.1. The first-order valence-electron chi connectivity index (χ1n) is 11.7. The lowest BCUT2D eigenvalue weighted by Gasteiger charge is -2.21. The number of phenols is 1. The predicted molar refractivity (Wildman–Crippen MR) is 147 cm³/mol. The summed E-state index contributed by atoms with van der Waals surface area (Å²) in [4.78, 5) is 38.3. The molecular formula is C27H26ClN5O5. The van der Waals surface area contributed by atoms with Gasteiger partial charge in [-0.25, -0.2) is 5.43 Å². The molecule has 3 N–H and O–H groups in total. The van der Waals surface area contributed by atoms with Crippen LogP contribution in [0, 0.1) is 10.1 Å². The van der Waals surface area contributed by atoms with Crippen molar-refractivity contribution in [3.63, 3.8) is 0 Å². The van der Waals surface area contributed by atoms with Crippen LogP contribution >= 0.6 is 11.6 Å². The molecule has 196 valence electrons. The summed E-state index contributed by atoms with van der Waals surface area (Å²) in [5.41, 5.74) is 3.51. The Morgan fingerprint density at radius 3 is 2.37 bits per heavy atom. The number of nitro groups is 1. The van der Waals surface area contributed by atoms with Gasteiger partial charge in [-0.05, 0) is 55.8 Å². The van der Waals surface area contributed by atoms with Crippen molar-refractivity contribution in [3.8, 4) is 5.75 Å². The molecule has 0 bridgehead atoms. The Balaban J connectivity index is 1.88. The van der Waals surface area contributed by atoms with Crippen LogP contribution in [0.3, 0.4) is 0 Å². The number of nitro benzene ring substituents is 1. The highest BCUT2D eigenvalue weighted by atomic mass is 35.5. The Hall–Kier alpha value is -4.70. The molecule has 0 spiro atoms. The van der Waals surface area contributed by atoms with Crippen LogP contribution < -0.4 is 15.6 Å². The molecule has 0 saturated carbocycles. The number of phenolic OH excluding ortho intramolecular Hbond substituents is 1. The van der Waals surface area contributed by atoms with Gasteiger partial charge >= 0.3 is 5.69 Å². The predicted octanol–water partition coefficient (Wildman–Crippen LogP) is 4.72. The molecule has 0 atom stereocenters. The van der Waals surface area contributed by atoms with E-state index in [9.17, 15) is 24.8 Å². The van der Waals surface area contributed by atoms with E-state index in [0.717, 1.165) is 31.1 Å². The zero-order valence-corrected chi connectivity index (χ0v) is 21.5. The molecule has 11 heteroatoms. The van der Waals surface area contributed by atoms with E-state index in [0.29, 0.717) is 5.56 Å². The number of rotatable bonds is 10. The van der Waals surface area contributed by atoms with E-state index in [1.807, 2.05) is 24.3 Å². The first kappa shape index (κ1) is 27.9. The van der Waals surface area contributed by atoms with Crippen LogP contribution in [-0.2, 0) is 4.79 Å². The third-order valence-electron chi connectivity index (χ3n) is 5.56. The molecular weight excluding hydrogens is 510 g/mol. The normalized spacial score (nSPS) is 11.3. The van der Waals surface area contributed by atoms with Gasteiger partial charge in [0.25, 0.3) is 11.8 Å². The van der Waals surface area contributed by atoms with E-state index < -0.39 is 28.2 Å². The average Bonchev–Trinajstić information content (AvgIpc) is 2.90. The first-order chi connectivity index (χ1) is 18.2. The van der Waals surface area contributed by atoms with Crippen molar-refractivity contribution in [3.05, 3.63) is 104 Å². The number of hydrazone groups is 1. The van der Waals surface area contributed by atoms with Gasteiger partial charge < -0.3 is 15.3 Å². The first-order valence-corrected chi connectivity index (χ1v) is 12.0. The van der Waals surface area contributed by atoms with E-state index in [1.165, 1.54) is 24.3 Å². The quantitative estimate of drug-likeness (QED) is 0.149. The van der Waals surface area contributed by atoms with Crippen LogP contribution in [0.4, 0.5) is 11.4 Å². The van der Waals surface area contributed by atoms with Crippen molar-refractivity contribution >= 4 is 47.1 Å². The van der Waals surface area contributed by atoms with Gasteiger partial charge in [0.15, 0.2) is 0 Å². The number of carbonyl (C=O) groups is 2. The summed E-state index contributed by atoms with van der Waals surface area (Å²) in [7, 11) is 0. The van der Waals surface area contributed by atoms with Crippen LogP contribution in [0.2, 0.25) is 5.02 Å². The highest BCUT2D eigenvalue weighted by Gasteiger charge is 2.18. The smallest absolute Gasteiger partial charge is 0.311 e. The largest absolute Gasteiger partial charge is 0.502 e. The lowest BCUT2D eigenvalue weighted by Crippen LogP contribution is -2.33. The van der Waals surface area contributed by atoms with Gasteiger partial charge in [0.05, 0.1) is 21.7 Å². The van der Waals surface area contributed by atoms with E-state index in [2.05, 4.69) is 34.6 Å². The van der Waals surface area contributed by atoms with Crippen LogP contribution in [0.1, 0.15) is 35.3 Å². The molecule has 3 aromatic rings. The molecule has 0 heterocycles. The number of nitrogens with one attached hydrogen (secondary N) is 2. The minimum atomic E-state index is -0.764. The number of halogens is 1. The van der Waals surface area contributed by atoms with Gasteiger partial charge in [-0.1, -0.05) is 41.9 Å². The molecule has 0 fully saturated rings. The molecule has 0 aliphatic heterocycles. The molecule has 2 amide bonds. The molecule has 0 radical (unpaired) electrons. The maximum Gasteiger partial charge on any atom is 0.311 e. The second kappa shape index (κ2) is 13.0. The third kappa shape index (κ3) is 6.95. The van der Waals surface area contributed by atoms with Crippen LogP contribution in [0.15, 0.2) is 77.5 Å². The van der Waals surface area contributed by atoms with Crippen LogP contribution in [0.25, 0.3) is 6.08 Å². The molecule has 0 aliphatic rings. The summed E-state index contributed by atoms with van der Waals surface area (Å²) < 4.78 is 0. The standard InChI is InChI=1S/C27H26ClN5O5/c1-3-32(4-2)20-14-12-18(13-15-20)16-23(30-26(35)21-9-5-6-10-22(21)28)27(36)31-29-17-19-8-7-11-24(25(19)34)33(37)38/h5-17,34H,3-4H2,1-2H3,(H,30,35)(H,31,36). The number of hydrogen-bond acceptors (Lipinski definition) is 7. The zero-order valence-electron chi connectivity index (χ0n) is 20.7. The summed E-state index contributed by atoms with van der Waals surface area (Å²) in [5.74, 6) is -1.96. The zero-order chi connectivity index (χ0) is 27.7. The highest BCUT2D eigenvalue weighted by Crippen LogP contribution is 2.28. The number of aromatic hydroxyl groups is 1. The minimum absolute atomic E-state index is 0.0251. The Labute approximate surface area is 224 Å². The molecule has 0 aliphatic carbocycles. The van der Waals surface area contributed by atoms with Crippen molar-refractivity contribution in [2.24, 2.45) is 5.10 Å². The Bertz CT molecular complexity index is 1380. The Morgan fingerprint density at radius 1 is 1.05 bits per heavy atom. The lowest BCUT2D eigenvalue weighted by molar-refractivity contribution is -0.385. The maximum atomic E-state index is 13.0. The monoisotopic (exact) mass is 535 g/mol. The second-order valence-electron chi connectivity index (χ2n) is 7.93. The fourth-order valence-corrected chi connectivity index (χ4v) is 3.77. The minimum Gasteiger partial charge on any atom is -0.502 e. The Morgan fingerprint density at radius 2 is 1.74 bits per heavy atom. The fraction of sp³-hybridized carbons (Fsp3) is 0.148. The summed E-state index contributed by atoms with van der Waals surface area (Å²) in [5, 5.41) is 27.7. The highest BCUT2D eigenvalue weighted by molar-refractivity contribution is 6.34. The number of anilines is 1. The number of para-hydroxylation sites is 1. The molecule has 0 aromatic heterocycles. The molecule has 10 nitrogen and oxygen atoms in total. The number of carbonyl (C=O) groups excluding carboxylic acids is 2. The van der Waals surface area contributed by atoms with E-state index in [4.69, 9.17) is 11.6 Å². The van der Waals surface area contributed by atoms with Gasteiger partial charge in [-0.2, -0.15) is 5.10 Å². The van der Waals surface area contributed by atoms with Crippen molar-refractivity contribution in [2.75, 3.05) is 18.0 Å². The van der Waals surface area contributed by atoms with Crippen LogP contribution in [0.5, 0.6) is 5.75 Å². The third-order valence-corrected chi connectivity index (χ3v) is 5.89. The molecule has 0 saturated heterocycles. The second-order valence-corrected chi connectivity index (χ2v) is 8.33. The number of nitrogens with zero attached hydrogens (tertiary/aromatic N) is 3. The van der Waals surface area contributed by atoms with E-state index >= 15 is 0 Å². The van der Waals surface area contributed by atoms with E-state index in [1.54, 1.807) is 18.2 Å². The Kier molecular flexibility index (Phi) is 9.55. The van der Waals surface area contributed by atoms with Gasteiger partial charge in [-0.3, -0.25) is 19.7 Å². The number of amides is 2. The topological polar surface area (TPSA) is 137 Å². The summed E-state index contributed by atoms with van der Waals surface area (Å²) in [6, 6.07) is 17.8. The van der Waals surface area contributed by atoms with Gasteiger partial charge in [0.2, 0.25) is 5.75 Å². The molecule has 3 aromatic carbocycles. The van der Waals surface area contributed by atoms with Crippen LogP contribution in [-0.4, -0.2) is 41.1 Å². The maximum absolute atomic E-state index is 13.0. The van der Waals surface area contributed by atoms with Gasteiger partial charge in [0, 0.05) is 30.4 Å². The molecule has 0 unspecified atom stereocenters. The van der Waals surface area contributed by atoms with E-state index in [-0.39, 0.29) is 21.8 Å². The fourth-order valence-electron chi connectivity index (χ4n) is 3.55. The number of benzene rings is 3. The summed E-state index contributed by atoms with van der Waals surface area (Å²) >= 11 is 6.14. The van der Waals surface area contributed by atoms with Crippen molar-refractivity contribution in [1.29, 1.82) is 0 Å².